The fourth-order valence-corrected chi connectivity index (χ4v) is 3.86. The van der Waals surface area contributed by atoms with Crippen molar-refractivity contribution in [1.82, 2.24) is 14.3 Å². The summed E-state index contributed by atoms with van der Waals surface area (Å²) in [5.41, 5.74) is 0.724. The Kier molecular flexibility index (Phi) is 5.18. The van der Waals surface area contributed by atoms with Gasteiger partial charge in [-0.15, -0.1) is 0 Å². The summed E-state index contributed by atoms with van der Waals surface area (Å²) in [6, 6.07) is 5.14. The molecule has 0 saturated carbocycles. The number of nitrogens with zero attached hydrogens (tertiary/aromatic N) is 2. The van der Waals surface area contributed by atoms with Gasteiger partial charge >= 0.3 is 0 Å². The molecule has 0 amide bonds. The number of halogens is 1. The Morgan fingerprint density at radius 1 is 1.33 bits per heavy atom. The van der Waals surface area contributed by atoms with Crippen LogP contribution in [0.15, 0.2) is 40.0 Å². The molecule has 0 saturated heterocycles. The maximum atomic E-state index is 12.2. The van der Waals surface area contributed by atoms with Crippen LogP contribution in [-0.2, 0) is 16.6 Å². The van der Waals surface area contributed by atoms with Crippen molar-refractivity contribution in [2.75, 3.05) is 6.54 Å². The van der Waals surface area contributed by atoms with Gasteiger partial charge in [0.2, 0.25) is 10.0 Å². The molecule has 2 aromatic rings. The number of benzene rings is 1. The molecule has 7 heteroatoms. The first-order valence-corrected chi connectivity index (χ1v) is 8.91. The first-order chi connectivity index (χ1) is 9.90. The predicted molar refractivity (Wildman–Crippen MR) is 85.6 cm³/mol. The van der Waals surface area contributed by atoms with E-state index in [0.717, 1.165) is 22.4 Å². The number of imidazole rings is 1. The van der Waals surface area contributed by atoms with Crippen molar-refractivity contribution in [3.05, 3.63) is 46.5 Å². The summed E-state index contributed by atoms with van der Waals surface area (Å²) >= 11 is 3.33. The highest BCUT2D eigenvalue weighted by molar-refractivity contribution is 9.10. The Morgan fingerprint density at radius 2 is 2.10 bits per heavy atom. The molecule has 0 radical (unpaired) electrons. The molecule has 1 aromatic carbocycles. The van der Waals surface area contributed by atoms with E-state index in [4.69, 9.17) is 0 Å². The van der Waals surface area contributed by atoms with E-state index in [2.05, 4.69) is 25.6 Å². The van der Waals surface area contributed by atoms with Crippen LogP contribution >= 0.6 is 15.9 Å². The highest BCUT2D eigenvalue weighted by Gasteiger charge is 2.16. The number of aromatic nitrogens is 2. The van der Waals surface area contributed by atoms with Gasteiger partial charge < -0.3 is 4.57 Å². The highest BCUT2D eigenvalue weighted by atomic mass is 79.9. The van der Waals surface area contributed by atoms with E-state index in [-0.39, 0.29) is 0 Å². The molecule has 1 N–H and O–H groups in total. The van der Waals surface area contributed by atoms with Gasteiger partial charge in [0, 0.05) is 30.0 Å². The van der Waals surface area contributed by atoms with Crippen LogP contribution in [0.4, 0.5) is 0 Å². The fourth-order valence-electron chi connectivity index (χ4n) is 2.09. The van der Waals surface area contributed by atoms with Crippen LogP contribution in [-0.4, -0.2) is 24.5 Å². The first kappa shape index (κ1) is 16.2. The lowest BCUT2D eigenvalue weighted by atomic mass is 10.2. The Bertz CT molecular complexity index is 726. The van der Waals surface area contributed by atoms with Crippen LogP contribution < -0.4 is 4.72 Å². The second-order valence-corrected chi connectivity index (χ2v) is 7.48. The molecule has 0 unspecified atom stereocenters. The van der Waals surface area contributed by atoms with Crippen LogP contribution in [0.5, 0.6) is 0 Å². The molecule has 0 atom stereocenters. The number of hydrogen-bond acceptors (Lipinski definition) is 3. The van der Waals surface area contributed by atoms with Crippen molar-refractivity contribution < 1.29 is 8.42 Å². The molecule has 5 nitrogen and oxygen atoms in total. The molecule has 0 spiro atoms. The number of nitrogens with one attached hydrogen (secondary N) is 1. The van der Waals surface area contributed by atoms with Crippen molar-refractivity contribution in [2.24, 2.45) is 0 Å². The highest BCUT2D eigenvalue weighted by Crippen LogP contribution is 2.19. The first-order valence-electron chi connectivity index (χ1n) is 6.64. The molecule has 114 valence electrons. The van der Waals surface area contributed by atoms with E-state index >= 15 is 0 Å². The Labute approximate surface area is 133 Å². The molecule has 1 heterocycles. The van der Waals surface area contributed by atoms with E-state index in [1.54, 1.807) is 31.3 Å². The van der Waals surface area contributed by atoms with Crippen LogP contribution in [0.1, 0.15) is 17.8 Å². The van der Waals surface area contributed by atoms with Gasteiger partial charge in [0.15, 0.2) is 0 Å². The molecule has 0 aliphatic carbocycles. The summed E-state index contributed by atoms with van der Waals surface area (Å²) in [6.45, 7) is 4.85. The number of aryl methyl sites for hydroxylation is 3. The maximum Gasteiger partial charge on any atom is 0.240 e. The Hall–Kier alpha value is -1.18. The monoisotopic (exact) mass is 371 g/mol. The molecule has 0 aliphatic rings. The Balaban J connectivity index is 1.94. The van der Waals surface area contributed by atoms with Gasteiger partial charge in [0.1, 0.15) is 5.82 Å². The van der Waals surface area contributed by atoms with E-state index in [9.17, 15) is 8.42 Å². The molecule has 0 bridgehead atoms. The van der Waals surface area contributed by atoms with Gasteiger partial charge in [-0.05, 0) is 44.0 Å². The largest absolute Gasteiger partial charge is 0.335 e. The number of sulfonamides is 1. The number of hydrogen-bond donors (Lipinski definition) is 1. The molecule has 21 heavy (non-hydrogen) atoms. The van der Waals surface area contributed by atoms with E-state index in [0.29, 0.717) is 17.9 Å². The van der Waals surface area contributed by atoms with Crippen molar-refractivity contribution in [2.45, 2.75) is 31.7 Å². The maximum absolute atomic E-state index is 12.2. The minimum atomic E-state index is -3.45. The van der Waals surface area contributed by atoms with Crippen LogP contribution in [0, 0.1) is 13.8 Å². The van der Waals surface area contributed by atoms with E-state index in [1.165, 1.54) is 0 Å². The minimum absolute atomic E-state index is 0.324. The van der Waals surface area contributed by atoms with Gasteiger partial charge in [-0.1, -0.05) is 15.9 Å². The molecular weight excluding hydrogens is 354 g/mol. The summed E-state index contributed by atoms with van der Waals surface area (Å²) in [6.07, 6.45) is 4.35. The average molecular weight is 372 g/mol. The average Bonchev–Trinajstić information content (AvgIpc) is 2.80. The van der Waals surface area contributed by atoms with Crippen molar-refractivity contribution in [3.63, 3.8) is 0 Å². The van der Waals surface area contributed by atoms with Crippen LogP contribution in [0.3, 0.4) is 0 Å². The third-order valence-corrected chi connectivity index (χ3v) is 5.33. The SMILES string of the molecule is Cc1cc(Br)ccc1S(=O)(=O)NCCCn1ccnc1C. The Morgan fingerprint density at radius 3 is 2.71 bits per heavy atom. The normalized spacial score (nSPS) is 11.8. The lowest BCUT2D eigenvalue weighted by molar-refractivity contribution is 0.567. The zero-order valence-electron chi connectivity index (χ0n) is 12.0. The summed E-state index contributed by atoms with van der Waals surface area (Å²) in [7, 11) is -3.45. The van der Waals surface area contributed by atoms with Gasteiger partial charge in [-0.3, -0.25) is 0 Å². The van der Waals surface area contributed by atoms with Crippen molar-refractivity contribution in [3.8, 4) is 0 Å². The summed E-state index contributed by atoms with van der Waals surface area (Å²) in [5.74, 6) is 0.932. The molecule has 0 fully saturated rings. The topological polar surface area (TPSA) is 64.0 Å². The van der Waals surface area contributed by atoms with Gasteiger partial charge in [0.25, 0.3) is 0 Å². The summed E-state index contributed by atoms with van der Waals surface area (Å²) in [5, 5.41) is 0. The third-order valence-electron chi connectivity index (χ3n) is 3.22. The number of rotatable bonds is 6. The quantitative estimate of drug-likeness (QED) is 0.793. The van der Waals surface area contributed by atoms with Gasteiger partial charge in [0.05, 0.1) is 4.90 Å². The lowest BCUT2D eigenvalue weighted by Gasteiger charge is -2.10. The van der Waals surface area contributed by atoms with Crippen LogP contribution in [0.25, 0.3) is 0 Å². The van der Waals surface area contributed by atoms with Gasteiger partial charge in [-0.25, -0.2) is 18.1 Å². The molecular formula is C14H18BrN3O2S. The molecule has 1 aromatic heterocycles. The predicted octanol–water partition coefficient (Wildman–Crippen LogP) is 2.63. The molecule has 2 rings (SSSR count). The zero-order chi connectivity index (χ0) is 15.5. The standard InChI is InChI=1S/C14H18BrN3O2S/c1-11-10-13(15)4-5-14(11)21(19,20)17-6-3-8-18-9-7-16-12(18)2/h4-5,7,9-10,17H,3,6,8H2,1-2H3. The van der Waals surface area contributed by atoms with Crippen molar-refractivity contribution in [1.29, 1.82) is 0 Å². The second kappa shape index (κ2) is 6.72. The fraction of sp³-hybridized carbons (Fsp3) is 0.357. The van der Waals surface area contributed by atoms with E-state index in [1.807, 2.05) is 17.7 Å². The third kappa shape index (κ3) is 4.15. The van der Waals surface area contributed by atoms with E-state index < -0.39 is 10.0 Å². The van der Waals surface area contributed by atoms with Gasteiger partial charge in [-0.2, -0.15) is 0 Å². The molecule has 0 aliphatic heterocycles. The second-order valence-electron chi connectivity index (χ2n) is 4.83. The lowest BCUT2D eigenvalue weighted by Crippen LogP contribution is -2.26. The summed E-state index contributed by atoms with van der Waals surface area (Å²) in [4.78, 5) is 4.46. The van der Waals surface area contributed by atoms with Crippen molar-refractivity contribution >= 4 is 26.0 Å². The summed E-state index contributed by atoms with van der Waals surface area (Å²) < 4.78 is 30.0. The smallest absolute Gasteiger partial charge is 0.240 e. The zero-order valence-corrected chi connectivity index (χ0v) is 14.4. The minimum Gasteiger partial charge on any atom is -0.335 e. The van der Waals surface area contributed by atoms with Crippen LogP contribution in [0.2, 0.25) is 0 Å².